The number of aromatic amines is 1. The molecule has 53 heavy (non-hydrogen) atoms. The normalized spacial score (nSPS) is 30.6. The van der Waals surface area contributed by atoms with E-state index in [1.54, 1.807) is 31.3 Å². The van der Waals surface area contributed by atoms with E-state index in [4.69, 9.17) is 0 Å². The molecule has 0 spiro atoms. The Kier molecular flexibility index (Phi) is 7.63. The van der Waals surface area contributed by atoms with Gasteiger partial charge in [0.2, 0.25) is 11.8 Å². The van der Waals surface area contributed by atoms with Crippen molar-refractivity contribution in [3.05, 3.63) is 58.7 Å². The van der Waals surface area contributed by atoms with Gasteiger partial charge in [0.15, 0.2) is 5.69 Å². The maximum absolute atomic E-state index is 15.6. The molecule has 17 heteroatoms. The van der Waals surface area contributed by atoms with Crippen molar-refractivity contribution in [3.8, 4) is 0 Å². The molecule has 0 radical (unpaired) electrons. The molecule has 278 valence electrons. The van der Waals surface area contributed by atoms with Gasteiger partial charge in [-0.15, -0.1) is 0 Å². The van der Waals surface area contributed by atoms with Crippen molar-refractivity contribution in [1.29, 1.82) is 0 Å². The van der Waals surface area contributed by atoms with Crippen LogP contribution < -0.4 is 15.5 Å². The van der Waals surface area contributed by atoms with Gasteiger partial charge in [-0.3, -0.25) is 48.9 Å². The van der Waals surface area contributed by atoms with E-state index < -0.39 is 65.0 Å². The van der Waals surface area contributed by atoms with E-state index in [9.17, 15) is 32.8 Å². The Hall–Kier alpha value is -5.06. The molecule has 3 aromatic rings. The number of nitrogens with one attached hydrogen (secondary N) is 3. The number of alkyl halides is 3. The summed E-state index contributed by atoms with van der Waals surface area (Å²) in [6.07, 6.45) is 3.59. The number of hydrogen-bond acceptors (Lipinski definition) is 9. The zero-order valence-electron chi connectivity index (χ0n) is 28.9. The lowest BCUT2D eigenvalue weighted by Crippen LogP contribution is -2.54. The highest BCUT2D eigenvalue weighted by molar-refractivity contribution is 6.23. The van der Waals surface area contributed by atoms with Crippen LogP contribution in [0.2, 0.25) is 0 Å². The fraction of sp³-hybridized carbons (Fsp3) is 0.528. The van der Waals surface area contributed by atoms with Crippen LogP contribution in [0.15, 0.2) is 30.6 Å². The Morgan fingerprint density at radius 1 is 1.06 bits per heavy atom. The Morgan fingerprint density at radius 2 is 1.87 bits per heavy atom. The van der Waals surface area contributed by atoms with Crippen LogP contribution in [0.3, 0.4) is 0 Å². The van der Waals surface area contributed by atoms with Crippen LogP contribution in [0.4, 0.5) is 24.5 Å². The Morgan fingerprint density at radius 3 is 2.66 bits per heavy atom. The summed E-state index contributed by atoms with van der Waals surface area (Å²) < 4.78 is 45.9. The molecule has 9 rings (SSSR count). The highest BCUT2D eigenvalue weighted by Crippen LogP contribution is 2.70. The maximum Gasteiger partial charge on any atom is 0.276 e. The third-order valence-corrected chi connectivity index (χ3v) is 12.4. The molecule has 2 aromatic heterocycles. The second kappa shape index (κ2) is 12.0. The van der Waals surface area contributed by atoms with Crippen molar-refractivity contribution in [1.82, 2.24) is 35.1 Å². The van der Waals surface area contributed by atoms with Gasteiger partial charge >= 0.3 is 0 Å². The monoisotopic (exact) mass is 733 g/mol. The van der Waals surface area contributed by atoms with Crippen LogP contribution in [0, 0.1) is 17.3 Å². The summed E-state index contributed by atoms with van der Waals surface area (Å²) in [6.45, 7) is 4.55. The molecule has 6 atom stereocenters. The molecule has 3 N–H and O–H groups in total. The van der Waals surface area contributed by atoms with Crippen LogP contribution >= 0.6 is 0 Å². The number of rotatable bonds is 7. The van der Waals surface area contributed by atoms with Crippen LogP contribution in [0.5, 0.6) is 0 Å². The summed E-state index contributed by atoms with van der Waals surface area (Å²) in [7, 11) is 0. The average molecular weight is 734 g/mol. The van der Waals surface area contributed by atoms with Crippen LogP contribution in [0.1, 0.15) is 81.1 Å². The van der Waals surface area contributed by atoms with Crippen molar-refractivity contribution in [2.75, 3.05) is 42.9 Å². The SMILES string of the molecule is C[C@@]12Cc3[nH]nc(C(=O)Nc4cnn([C@H]5CCN(C[C@H]6CCN(c7ccc8c(c7)C(=O)N(C7CCC(=O)NC7=O)C8=O)C6)C[C@@H]5F)c4)c3C[C@@H]1C2(F)F. The molecule has 1 unspecified atom stereocenters. The van der Waals surface area contributed by atoms with Gasteiger partial charge in [0.1, 0.15) is 12.2 Å². The first-order valence-corrected chi connectivity index (χ1v) is 18.1. The minimum atomic E-state index is -2.76. The van der Waals surface area contributed by atoms with Gasteiger partial charge in [-0.1, -0.05) is 6.92 Å². The Labute approximate surface area is 301 Å². The van der Waals surface area contributed by atoms with E-state index in [2.05, 4.69) is 35.7 Å². The highest BCUT2D eigenvalue weighted by atomic mass is 19.3. The fourth-order valence-electron chi connectivity index (χ4n) is 9.23. The minimum absolute atomic E-state index is 0.0552. The third kappa shape index (κ3) is 5.36. The number of anilines is 2. The minimum Gasteiger partial charge on any atom is -0.371 e. The van der Waals surface area contributed by atoms with Crippen LogP contribution in [-0.2, 0) is 22.4 Å². The van der Waals surface area contributed by atoms with Gasteiger partial charge < -0.3 is 10.2 Å². The van der Waals surface area contributed by atoms with Crippen molar-refractivity contribution >= 4 is 40.9 Å². The number of H-pyrrole nitrogens is 1. The van der Waals surface area contributed by atoms with Crippen molar-refractivity contribution in [3.63, 3.8) is 0 Å². The van der Waals surface area contributed by atoms with E-state index >= 15 is 4.39 Å². The smallest absolute Gasteiger partial charge is 0.276 e. The number of hydrogen-bond donors (Lipinski definition) is 3. The number of imide groups is 2. The lowest BCUT2D eigenvalue weighted by molar-refractivity contribution is -0.136. The number of nitrogens with zero attached hydrogens (tertiary/aromatic N) is 6. The molecule has 6 heterocycles. The molecule has 4 fully saturated rings. The van der Waals surface area contributed by atoms with Crippen molar-refractivity contribution < 1.29 is 37.1 Å². The quantitative estimate of drug-likeness (QED) is 0.310. The predicted octanol–water partition coefficient (Wildman–Crippen LogP) is 2.74. The maximum atomic E-state index is 15.6. The zero-order chi connectivity index (χ0) is 37.0. The molecule has 5 amide bonds. The standard InChI is InChI=1S/C36H38F3N9O5/c1-35-12-25-23(11-28(35)36(35,38)39)30(44-43-25)32(51)41-19-13-40-47(16-19)26-7-8-45(17-24(26)37)14-18-6-9-46(15-18)20-2-3-21-22(10-20)34(53)48(33(21)52)27-4-5-29(49)42-31(27)50/h2-3,10,13,16,18,24,26-28H,4-9,11-12,14-15,17H2,1H3,(H,41,51)(H,43,44)(H,42,49,50)/t18-,24+,26+,27?,28+,35-/m1/s1. The van der Waals surface area contributed by atoms with Crippen LogP contribution in [0.25, 0.3) is 0 Å². The van der Waals surface area contributed by atoms with Crippen molar-refractivity contribution in [2.45, 2.75) is 69.6 Å². The second-order valence-electron chi connectivity index (χ2n) is 15.6. The first-order valence-electron chi connectivity index (χ1n) is 18.1. The van der Waals surface area contributed by atoms with Crippen LogP contribution in [-0.4, -0.2) is 110 Å². The van der Waals surface area contributed by atoms with Gasteiger partial charge in [0, 0.05) is 80.0 Å². The van der Waals surface area contributed by atoms with E-state index in [0.29, 0.717) is 43.0 Å². The molecular formula is C36H38F3N9O5. The number of halogens is 3. The number of fused-ring (bicyclic) bond motifs is 3. The van der Waals surface area contributed by atoms with Gasteiger partial charge in [0.05, 0.1) is 29.1 Å². The lowest BCUT2D eigenvalue weighted by atomic mass is 9.87. The zero-order valence-corrected chi connectivity index (χ0v) is 28.9. The largest absolute Gasteiger partial charge is 0.371 e. The number of piperidine rings is 2. The summed E-state index contributed by atoms with van der Waals surface area (Å²) in [5.41, 5.74) is 1.72. The van der Waals surface area contributed by atoms with E-state index in [1.165, 1.54) is 10.9 Å². The molecule has 4 aliphatic heterocycles. The number of carbonyl (C=O) groups is 5. The van der Waals surface area contributed by atoms with E-state index in [1.807, 2.05) is 0 Å². The fourth-order valence-corrected chi connectivity index (χ4v) is 9.23. The second-order valence-corrected chi connectivity index (χ2v) is 15.6. The Bertz CT molecular complexity index is 2080. The number of amides is 5. The van der Waals surface area contributed by atoms with Gasteiger partial charge in [-0.2, -0.15) is 10.2 Å². The predicted molar refractivity (Wildman–Crippen MR) is 181 cm³/mol. The Balaban J connectivity index is 0.779. The number of carbonyl (C=O) groups excluding carboxylic acids is 5. The first kappa shape index (κ1) is 33.8. The summed E-state index contributed by atoms with van der Waals surface area (Å²) in [5.74, 6) is -6.00. The lowest BCUT2D eigenvalue weighted by Gasteiger charge is -2.36. The molecule has 1 saturated carbocycles. The molecule has 0 bridgehead atoms. The molecular weight excluding hydrogens is 695 g/mol. The highest BCUT2D eigenvalue weighted by Gasteiger charge is 2.78. The summed E-state index contributed by atoms with van der Waals surface area (Å²) in [4.78, 5) is 68.7. The summed E-state index contributed by atoms with van der Waals surface area (Å²) in [6, 6.07) is 3.58. The number of likely N-dealkylation sites (tertiary alicyclic amines) is 1. The number of aromatic nitrogens is 4. The number of benzene rings is 1. The molecule has 2 aliphatic carbocycles. The van der Waals surface area contributed by atoms with E-state index in [0.717, 1.165) is 23.6 Å². The first-order chi connectivity index (χ1) is 25.3. The van der Waals surface area contributed by atoms with Gasteiger partial charge in [-0.25, -0.2) is 13.2 Å². The van der Waals surface area contributed by atoms with Gasteiger partial charge in [0.25, 0.3) is 23.6 Å². The average Bonchev–Trinajstić information content (AvgIpc) is 3.79. The molecule has 3 saturated heterocycles. The van der Waals surface area contributed by atoms with E-state index in [-0.39, 0.29) is 55.0 Å². The molecule has 1 aromatic carbocycles. The van der Waals surface area contributed by atoms with Gasteiger partial charge in [-0.05, 0) is 49.8 Å². The van der Waals surface area contributed by atoms with Crippen molar-refractivity contribution in [2.24, 2.45) is 17.3 Å². The summed E-state index contributed by atoms with van der Waals surface area (Å²) >= 11 is 0. The third-order valence-electron chi connectivity index (χ3n) is 12.4. The topological polar surface area (TPSA) is 166 Å². The molecule has 6 aliphatic rings. The molecule has 14 nitrogen and oxygen atoms in total. The summed E-state index contributed by atoms with van der Waals surface area (Å²) in [5, 5.41) is 16.2.